The highest BCUT2D eigenvalue weighted by Crippen LogP contribution is 2.47. The summed E-state index contributed by atoms with van der Waals surface area (Å²) < 4.78 is 0. The van der Waals surface area contributed by atoms with E-state index >= 15 is 0 Å². The number of nitrogens with zero attached hydrogens (tertiary/aromatic N) is 3. The number of amides is 3. The van der Waals surface area contributed by atoms with Crippen molar-refractivity contribution < 1.29 is 29.5 Å². The highest BCUT2D eigenvalue weighted by molar-refractivity contribution is 6.07. The zero-order valence-electron chi connectivity index (χ0n) is 26.9. The number of carbonyl (C=O) groups is 3. The van der Waals surface area contributed by atoms with Crippen molar-refractivity contribution in [2.45, 2.75) is 32.0 Å². The maximum absolute atomic E-state index is 14.0. The zero-order chi connectivity index (χ0) is 35.1. The van der Waals surface area contributed by atoms with Crippen molar-refractivity contribution in [3.8, 4) is 0 Å². The van der Waals surface area contributed by atoms with Gasteiger partial charge in [0.15, 0.2) is 5.60 Å². The van der Waals surface area contributed by atoms with E-state index in [1.807, 2.05) is 30.3 Å². The molecule has 0 aliphatic carbocycles. The number of aliphatic hydroxyl groups excluding tert-OH is 1. The third-order valence-corrected chi connectivity index (χ3v) is 8.50. The molecule has 0 unspecified atom stereocenters. The molecule has 0 aromatic heterocycles. The Hall–Kier alpha value is -5.85. The Morgan fingerprint density at radius 1 is 1.02 bits per heavy atom. The molecule has 2 atom stereocenters. The van der Waals surface area contributed by atoms with Crippen LogP contribution < -0.4 is 16.0 Å². The molecule has 49 heavy (non-hydrogen) atoms. The van der Waals surface area contributed by atoms with Crippen molar-refractivity contribution in [2.24, 2.45) is 5.92 Å². The number of hydrogen-bond donors (Lipinski definition) is 4. The molecule has 4 aromatic carbocycles. The van der Waals surface area contributed by atoms with Crippen LogP contribution in [0.3, 0.4) is 0 Å². The topological polar surface area (TPSA) is 179 Å². The minimum absolute atomic E-state index is 0.0443. The molecule has 5 rings (SSSR count). The van der Waals surface area contributed by atoms with Crippen LogP contribution in [-0.2, 0) is 28.3 Å². The average Bonchev–Trinajstić information content (AvgIpc) is 3.31. The summed E-state index contributed by atoms with van der Waals surface area (Å²) in [4.78, 5) is 53.6. The van der Waals surface area contributed by atoms with Crippen LogP contribution in [0.4, 0.5) is 22.7 Å². The first-order valence-corrected chi connectivity index (χ1v) is 15.7. The van der Waals surface area contributed by atoms with Gasteiger partial charge in [-0.25, -0.2) is 0 Å². The summed E-state index contributed by atoms with van der Waals surface area (Å²) in [5.74, 6) is -2.11. The molecule has 0 fully saturated rings. The van der Waals surface area contributed by atoms with Crippen molar-refractivity contribution in [3.63, 3.8) is 0 Å². The lowest BCUT2D eigenvalue weighted by atomic mass is 9.82. The Balaban J connectivity index is 1.33. The second-order valence-electron chi connectivity index (χ2n) is 11.8. The largest absolute Gasteiger partial charge is 0.399 e. The van der Waals surface area contributed by atoms with Crippen molar-refractivity contribution in [1.82, 2.24) is 4.90 Å². The molecule has 1 heterocycles. The summed E-state index contributed by atoms with van der Waals surface area (Å²) in [6.07, 6.45) is 3.07. The number of hydrogen-bond acceptors (Lipinski definition) is 8. The molecular weight excluding hydrogens is 626 g/mol. The fraction of sp³-hybridized carbons (Fsp3) is 0.216. The summed E-state index contributed by atoms with van der Waals surface area (Å²) in [6.45, 7) is 1.90. The minimum atomic E-state index is -2.15. The fourth-order valence-electron chi connectivity index (χ4n) is 5.78. The predicted octanol–water partition coefficient (Wildman–Crippen LogP) is 4.77. The number of fused-ring (bicyclic) bond motifs is 1. The van der Waals surface area contributed by atoms with Gasteiger partial charge in [0.1, 0.15) is 0 Å². The number of rotatable bonds is 13. The quantitative estimate of drug-likeness (QED) is 0.0684. The Labute approximate surface area is 283 Å². The molecule has 1 aliphatic heterocycles. The lowest BCUT2D eigenvalue weighted by molar-refractivity contribution is -0.385. The van der Waals surface area contributed by atoms with Crippen LogP contribution >= 0.6 is 0 Å². The normalized spacial score (nSPS) is 16.0. The monoisotopic (exact) mass is 663 g/mol. The van der Waals surface area contributed by atoms with Gasteiger partial charge in [-0.15, -0.1) is 0 Å². The van der Waals surface area contributed by atoms with Gasteiger partial charge in [-0.3, -0.25) is 24.5 Å². The van der Waals surface area contributed by atoms with Gasteiger partial charge in [0, 0.05) is 60.1 Å². The third kappa shape index (κ3) is 7.67. The van der Waals surface area contributed by atoms with Gasteiger partial charge >= 0.3 is 0 Å². The summed E-state index contributed by atoms with van der Waals surface area (Å²) in [5, 5.41) is 36.0. The molecule has 0 spiro atoms. The molecule has 12 nitrogen and oxygen atoms in total. The molecule has 0 radical (unpaired) electrons. The molecule has 0 saturated carbocycles. The molecule has 3 amide bonds. The van der Waals surface area contributed by atoms with E-state index in [4.69, 9.17) is 5.73 Å². The zero-order valence-corrected chi connectivity index (χ0v) is 26.9. The molecular formula is C37H37N5O7. The van der Waals surface area contributed by atoms with Crippen molar-refractivity contribution in [3.05, 3.63) is 142 Å². The first-order valence-electron chi connectivity index (χ1n) is 15.7. The fourth-order valence-corrected chi connectivity index (χ4v) is 5.78. The number of benzene rings is 4. The van der Waals surface area contributed by atoms with Crippen molar-refractivity contribution >= 4 is 40.5 Å². The van der Waals surface area contributed by atoms with Crippen molar-refractivity contribution in [2.75, 3.05) is 29.1 Å². The van der Waals surface area contributed by atoms with Gasteiger partial charge in [0.2, 0.25) is 5.91 Å². The van der Waals surface area contributed by atoms with Crippen LogP contribution in [0.5, 0.6) is 0 Å². The van der Waals surface area contributed by atoms with Gasteiger partial charge in [-0.2, -0.15) is 0 Å². The predicted molar refractivity (Wildman–Crippen MR) is 185 cm³/mol. The highest BCUT2D eigenvalue weighted by Gasteiger charge is 2.53. The number of nitro groups is 1. The van der Waals surface area contributed by atoms with E-state index in [0.717, 1.165) is 5.56 Å². The van der Waals surface area contributed by atoms with Crippen molar-refractivity contribution in [1.29, 1.82) is 0 Å². The maximum Gasteiger partial charge on any atom is 0.269 e. The number of aliphatic hydroxyl groups is 2. The van der Waals surface area contributed by atoms with Gasteiger partial charge in [0.25, 0.3) is 17.5 Å². The highest BCUT2D eigenvalue weighted by atomic mass is 16.6. The van der Waals surface area contributed by atoms with E-state index < -0.39 is 22.3 Å². The van der Waals surface area contributed by atoms with Crippen LogP contribution in [0.15, 0.2) is 109 Å². The van der Waals surface area contributed by atoms with E-state index in [0.29, 0.717) is 34.7 Å². The van der Waals surface area contributed by atoms with E-state index in [1.165, 1.54) is 28.0 Å². The van der Waals surface area contributed by atoms with Gasteiger partial charge in [-0.1, -0.05) is 61.5 Å². The average molecular weight is 664 g/mol. The molecule has 12 heteroatoms. The number of non-ortho nitro benzene ring substituents is 1. The van der Waals surface area contributed by atoms with Gasteiger partial charge in [0.05, 0.1) is 23.8 Å². The Bertz CT molecular complexity index is 1860. The molecule has 0 saturated heterocycles. The molecule has 5 N–H and O–H groups in total. The van der Waals surface area contributed by atoms with E-state index in [9.17, 15) is 34.7 Å². The number of nitro benzene ring substituents is 1. The Morgan fingerprint density at radius 3 is 2.37 bits per heavy atom. The number of nitrogens with one attached hydrogen (secondary N) is 1. The van der Waals surface area contributed by atoms with E-state index in [-0.39, 0.29) is 49.2 Å². The first kappa shape index (κ1) is 34.5. The summed E-state index contributed by atoms with van der Waals surface area (Å²) in [6, 6.07) is 26.6. The molecule has 4 aromatic rings. The summed E-state index contributed by atoms with van der Waals surface area (Å²) in [7, 11) is 0. The van der Waals surface area contributed by atoms with E-state index in [1.54, 1.807) is 67.6 Å². The van der Waals surface area contributed by atoms with Crippen LogP contribution in [-0.4, -0.2) is 50.9 Å². The van der Waals surface area contributed by atoms with Crippen LogP contribution in [0.2, 0.25) is 0 Å². The molecule has 1 aliphatic rings. The smallest absolute Gasteiger partial charge is 0.269 e. The standard InChI is InChI=1S/C37H37N5O7/c1-25(6-5-9-34(44)40(20-21-43)23-26-7-3-2-4-8-26)37(47)32-22-31(42(48)49)18-19-33(32)41(36(37)46)24-27-10-16-30(17-11-27)39-35(45)28-12-14-29(38)15-13-28/h2-8,10-19,22,25,43,47H,9,20-21,23-24,38H2,1H3,(H,39,45)/b6-5+/t25-,37+/m0/s1. The van der Waals surface area contributed by atoms with Gasteiger partial charge in [-0.05, 0) is 53.6 Å². The number of carbonyl (C=O) groups excluding carboxylic acids is 3. The number of anilines is 3. The van der Waals surface area contributed by atoms with Crippen LogP contribution in [0.1, 0.15) is 40.4 Å². The summed E-state index contributed by atoms with van der Waals surface area (Å²) >= 11 is 0. The third-order valence-electron chi connectivity index (χ3n) is 8.50. The van der Waals surface area contributed by atoms with E-state index in [2.05, 4.69) is 5.32 Å². The first-order chi connectivity index (χ1) is 23.5. The summed E-state index contributed by atoms with van der Waals surface area (Å²) in [5.41, 5.74) is 6.79. The second kappa shape index (κ2) is 14.9. The Morgan fingerprint density at radius 2 is 1.71 bits per heavy atom. The molecule has 252 valence electrons. The number of nitrogen functional groups attached to an aromatic ring is 1. The SMILES string of the molecule is C[C@@H](/C=C/CC(=O)N(CCO)Cc1ccccc1)[C@]1(O)C(=O)N(Cc2ccc(NC(=O)c3ccc(N)cc3)cc2)c2ccc([N+](=O)[O-])cc21. The van der Waals surface area contributed by atoms with Crippen LogP contribution in [0.25, 0.3) is 0 Å². The second-order valence-corrected chi connectivity index (χ2v) is 11.8. The Kier molecular flexibility index (Phi) is 10.5. The molecule has 0 bridgehead atoms. The van der Waals surface area contributed by atoms with Crippen LogP contribution in [0, 0.1) is 16.0 Å². The maximum atomic E-state index is 14.0. The minimum Gasteiger partial charge on any atom is -0.399 e. The van der Waals surface area contributed by atoms with Gasteiger partial charge < -0.3 is 31.1 Å². The number of nitrogens with two attached hydrogens (primary N) is 1. The lowest BCUT2D eigenvalue weighted by Crippen LogP contribution is -2.44. The lowest BCUT2D eigenvalue weighted by Gasteiger charge is -2.28.